The van der Waals surface area contributed by atoms with Gasteiger partial charge in [-0.3, -0.25) is 0 Å². The van der Waals surface area contributed by atoms with Gasteiger partial charge in [0.15, 0.2) is 0 Å². The van der Waals surface area contributed by atoms with Gasteiger partial charge in [0.2, 0.25) is 0 Å². The third-order valence-corrected chi connectivity index (χ3v) is 3.75. The van der Waals surface area contributed by atoms with E-state index in [4.69, 9.17) is 0 Å². The van der Waals surface area contributed by atoms with Gasteiger partial charge in [-0.25, -0.2) is 0 Å². The normalized spacial score (nSPS) is 12.6. The van der Waals surface area contributed by atoms with E-state index in [-0.39, 0.29) is 0 Å². The van der Waals surface area contributed by atoms with E-state index < -0.39 is 0 Å². The van der Waals surface area contributed by atoms with Gasteiger partial charge in [-0.1, -0.05) is 61.2 Å². The van der Waals surface area contributed by atoms with Crippen LogP contribution in [0.25, 0.3) is 0 Å². The summed E-state index contributed by atoms with van der Waals surface area (Å²) < 4.78 is 1.15. The lowest BCUT2D eigenvalue weighted by Crippen LogP contribution is -2.22. The van der Waals surface area contributed by atoms with E-state index in [2.05, 4.69) is 59.4 Å². The molecule has 2 heteroatoms. The first-order chi connectivity index (χ1) is 8.26. The third kappa shape index (κ3) is 6.23. The molecule has 0 aromatic heterocycles. The van der Waals surface area contributed by atoms with Gasteiger partial charge >= 0.3 is 0 Å². The molecule has 96 valence electrons. The highest BCUT2D eigenvalue weighted by Crippen LogP contribution is 2.12. The Morgan fingerprint density at radius 3 is 2.47 bits per heavy atom. The van der Waals surface area contributed by atoms with E-state index in [1.54, 1.807) is 0 Å². The topological polar surface area (TPSA) is 12.0 Å². The van der Waals surface area contributed by atoms with Crippen LogP contribution in [-0.4, -0.2) is 6.54 Å². The first kappa shape index (κ1) is 14.7. The molecule has 0 bridgehead atoms. The molecule has 0 spiro atoms. The Kier molecular flexibility index (Phi) is 7.54. The number of hydrogen-bond acceptors (Lipinski definition) is 1. The van der Waals surface area contributed by atoms with Crippen LogP contribution < -0.4 is 5.32 Å². The van der Waals surface area contributed by atoms with Crippen molar-refractivity contribution in [3.63, 3.8) is 0 Å². The second kappa shape index (κ2) is 8.71. The molecule has 0 saturated carbocycles. The molecule has 0 heterocycles. The third-order valence-electron chi connectivity index (χ3n) is 3.22. The molecule has 1 aromatic carbocycles. The predicted molar refractivity (Wildman–Crippen MR) is 79.2 cm³/mol. The molecule has 0 radical (unpaired) electrons. The predicted octanol–water partition coefficient (Wildman–Crippen LogP) is 4.76. The van der Waals surface area contributed by atoms with Crippen molar-refractivity contribution < 1.29 is 0 Å². The average Bonchev–Trinajstić information content (AvgIpc) is 2.36. The van der Waals surface area contributed by atoms with Crippen LogP contribution in [-0.2, 0) is 6.54 Å². The lowest BCUT2D eigenvalue weighted by Gasteiger charge is -2.15. The van der Waals surface area contributed by atoms with Crippen molar-refractivity contribution in [1.82, 2.24) is 5.32 Å². The number of hydrogen-bond donors (Lipinski definition) is 1. The van der Waals surface area contributed by atoms with E-state index in [1.807, 2.05) is 0 Å². The maximum absolute atomic E-state index is 3.57. The van der Waals surface area contributed by atoms with Crippen LogP contribution in [0.2, 0.25) is 0 Å². The lowest BCUT2D eigenvalue weighted by atomic mass is 9.99. The Hall–Kier alpha value is -0.340. The molecule has 1 atom stereocenters. The summed E-state index contributed by atoms with van der Waals surface area (Å²) in [5.41, 5.74) is 1.36. The van der Waals surface area contributed by atoms with Gasteiger partial charge in [0.05, 0.1) is 0 Å². The van der Waals surface area contributed by atoms with Crippen LogP contribution >= 0.6 is 15.9 Å². The fourth-order valence-corrected chi connectivity index (χ4v) is 2.23. The van der Waals surface area contributed by atoms with Gasteiger partial charge in [0, 0.05) is 11.0 Å². The van der Waals surface area contributed by atoms with Crippen LogP contribution in [0.3, 0.4) is 0 Å². The number of nitrogens with one attached hydrogen (secondary N) is 1. The fourth-order valence-electron chi connectivity index (χ4n) is 1.97. The summed E-state index contributed by atoms with van der Waals surface area (Å²) in [4.78, 5) is 0. The van der Waals surface area contributed by atoms with Crippen molar-refractivity contribution in [2.45, 2.75) is 46.1 Å². The maximum Gasteiger partial charge on any atom is 0.0205 e. The lowest BCUT2D eigenvalue weighted by molar-refractivity contribution is 0.419. The van der Waals surface area contributed by atoms with E-state index in [0.29, 0.717) is 0 Å². The zero-order valence-electron chi connectivity index (χ0n) is 11.0. The van der Waals surface area contributed by atoms with Crippen molar-refractivity contribution in [2.75, 3.05) is 6.54 Å². The summed E-state index contributed by atoms with van der Waals surface area (Å²) >= 11 is 3.46. The summed E-state index contributed by atoms with van der Waals surface area (Å²) in [6.45, 7) is 6.69. The monoisotopic (exact) mass is 297 g/mol. The van der Waals surface area contributed by atoms with Gasteiger partial charge in [-0.2, -0.15) is 0 Å². The molecule has 0 saturated heterocycles. The average molecular weight is 298 g/mol. The van der Waals surface area contributed by atoms with Crippen molar-refractivity contribution in [1.29, 1.82) is 0 Å². The minimum Gasteiger partial charge on any atom is -0.312 e. The Morgan fingerprint density at radius 1 is 1.18 bits per heavy atom. The Labute approximate surface area is 114 Å². The summed E-state index contributed by atoms with van der Waals surface area (Å²) in [7, 11) is 0. The molecular formula is C15H24BrN. The Bertz CT molecular complexity index is 294. The highest BCUT2D eigenvalue weighted by Gasteiger charge is 2.04. The van der Waals surface area contributed by atoms with E-state index in [9.17, 15) is 0 Å². The minimum absolute atomic E-state index is 0.838. The molecule has 0 fully saturated rings. The summed E-state index contributed by atoms with van der Waals surface area (Å²) in [5.74, 6) is 0.838. The molecule has 0 aliphatic heterocycles. The van der Waals surface area contributed by atoms with Crippen molar-refractivity contribution in [3.8, 4) is 0 Å². The Balaban J connectivity index is 2.23. The van der Waals surface area contributed by atoms with E-state index >= 15 is 0 Å². The van der Waals surface area contributed by atoms with E-state index in [0.717, 1.165) is 23.5 Å². The molecule has 1 unspecified atom stereocenters. The van der Waals surface area contributed by atoms with Crippen LogP contribution in [0.4, 0.5) is 0 Å². The molecule has 1 nitrogen and oxygen atoms in total. The number of benzene rings is 1. The second-order valence-electron chi connectivity index (χ2n) is 4.67. The molecular weight excluding hydrogens is 274 g/mol. The molecule has 17 heavy (non-hydrogen) atoms. The smallest absolute Gasteiger partial charge is 0.0205 e. The molecule has 0 amide bonds. The molecule has 1 rings (SSSR count). The van der Waals surface area contributed by atoms with Gasteiger partial charge < -0.3 is 5.32 Å². The first-order valence-corrected chi connectivity index (χ1v) is 7.50. The van der Waals surface area contributed by atoms with Crippen molar-refractivity contribution in [2.24, 2.45) is 5.92 Å². The van der Waals surface area contributed by atoms with Gasteiger partial charge in [-0.15, -0.1) is 0 Å². The van der Waals surface area contributed by atoms with Crippen molar-refractivity contribution >= 4 is 15.9 Å². The van der Waals surface area contributed by atoms with Gasteiger partial charge in [0.1, 0.15) is 0 Å². The number of unbranched alkanes of at least 4 members (excludes halogenated alkanes) is 1. The molecule has 1 aromatic rings. The zero-order valence-corrected chi connectivity index (χ0v) is 12.6. The fraction of sp³-hybridized carbons (Fsp3) is 0.600. The molecule has 0 aliphatic rings. The standard InChI is InChI=1S/C15H24BrN/c1-3-5-6-13(4-2)11-17-12-14-7-9-15(16)10-8-14/h7-10,13,17H,3-6,11-12H2,1-2H3. The van der Waals surface area contributed by atoms with Crippen LogP contribution in [0.15, 0.2) is 28.7 Å². The quantitative estimate of drug-likeness (QED) is 0.730. The Morgan fingerprint density at radius 2 is 1.88 bits per heavy atom. The van der Waals surface area contributed by atoms with Crippen molar-refractivity contribution in [3.05, 3.63) is 34.3 Å². The zero-order chi connectivity index (χ0) is 12.5. The molecule has 0 aliphatic carbocycles. The minimum atomic E-state index is 0.838. The largest absolute Gasteiger partial charge is 0.312 e. The maximum atomic E-state index is 3.57. The summed E-state index contributed by atoms with van der Waals surface area (Å²) in [6.07, 6.45) is 5.31. The first-order valence-electron chi connectivity index (χ1n) is 6.71. The molecule has 1 N–H and O–H groups in total. The van der Waals surface area contributed by atoms with Gasteiger partial charge in [-0.05, 0) is 36.6 Å². The SMILES string of the molecule is CCCCC(CC)CNCc1ccc(Br)cc1. The summed E-state index contributed by atoms with van der Waals surface area (Å²) in [5, 5.41) is 3.57. The highest BCUT2D eigenvalue weighted by atomic mass is 79.9. The van der Waals surface area contributed by atoms with Gasteiger partial charge in [0.25, 0.3) is 0 Å². The number of halogens is 1. The second-order valence-corrected chi connectivity index (χ2v) is 5.59. The van der Waals surface area contributed by atoms with Crippen LogP contribution in [0, 0.1) is 5.92 Å². The van der Waals surface area contributed by atoms with E-state index in [1.165, 1.54) is 31.2 Å². The van der Waals surface area contributed by atoms with Crippen LogP contribution in [0.1, 0.15) is 45.1 Å². The van der Waals surface area contributed by atoms with Crippen LogP contribution in [0.5, 0.6) is 0 Å². The highest BCUT2D eigenvalue weighted by molar-refractivity contribution is 9.10. The summed E-state index contributed by atoms with van der Waals surface area (Å²) in [6, 6.07) is 8.55. The number of rotatable bonds is 8.